The Hall–Kier alpha value is -2.88. The number of ether oxygens (including phenoxy) is 1. The average molecular weight is 437 g/mol. The molecule has 0 spiro atoms. The van der Waals surface area contributed by atoms with Crippen molar-refractivity contribution in [2.75, 3.05) is 5.73 Å². The normalized spacial score (nSPS) is 15.8. The minimum Gasteiger partial charge on any atom is -0.455 e. The highest BCUT2D eigenvalue weighted by Gasteiger charge is 2.30. The standard InChI is InChI=1S/C20H18F3N3O3S/c1-19(2)9-18(26-29-19)30-10-15-13-7-14(24)17(8-16(13)28-25-15)27-12-5-3-11(4-6-12)20(21,22)23/h3-8H,9-10,24H2,1-2H3. The number of hydrogen-bond donors (Lipinski definition) is 1. The Morgan fingerprint density at radius 3 is 2.57 bits per heavy atom. The molecule has 2 heterocycles. The highest BCUT2D eigenvalue weighted by atomic mass is 32.2. The lowest BCUT2D eigenvalue weighted by atomic mass is 10.1. The number of anilines is 1. The summed E-state index contributed by atoms with van der Waals surface area (Å²) in [4.78, 5) is 5.35. The van der Waals surface area contributed by atoms with E-state index in [1.807, 2.05) is 13.8 Å². The fourth-order valence-corrected chi connectivity index (χ4v) is 3.95. The van der Waals surface area contributed by atoms with Gasteiger partial charge in [-0.1, -0.05) is 10.3 Å². The van der Waals surface area contributed by atoms with E-state index < -0.39 is 11.7 Å². The first-order valence-electron chi connectivity index (χ1n) is 9.01. The molecule has 30 heavy (non-hydrogen) atoms. The predicted octanol–water partition coefficient (Wildman–Crippen LogP) is 5.97. The van der Waals surface area contributed by atoms with Crippen molar-refractivity contribution in [1.29, 1.82) is 0 Å². The molecule has 0 unspecified atom stereocenters. The molecule has 0 saturated heterocycles. The third kappa shape index (κ3) is 4.33. The third-order valence-corrected chi connectivity index (χ3v) is 5.40. The number of rotatable bonds is 4. The molecule has 0 bridgehead atoms. The molecule has 0 atom stereocenters. The highest BCUT2D eigenvalue weighted by Crippen LogP contribution is 2.36. The van der Waals surface area contributed by atoms with Gasteiger partial charge in [-0.25, -0.2) is 0 Å². The number of fused-ring (bicyclic) bond motifs is 1. The number of thioether (sulfide) groups is 1. The maximum Gasteiger partial charge on any atom is 0.416 e. The SMILES string of the molecule is CC1(C)CC(SCc2noc3cc(Oc4ccc(C(F)(F)F)cc4)c(N)cc23)=NO1. The van der Waals surface area contributed by atoms with Crippen LogP contribution in [0.25, 0.3) is 11.0 Å². The zero-order valence-corrected chi connectivity index (χ0v) is 16.9. The molecule has 6 nitrogen and oxygen atoms in total. The molecule has 3 aromatic rings. The van der Waals surface area contributed by atoms with Crippen LogP contribution >= 0.6 is 11.8 Å². The summed E-state index contributed by atoms with van der Waals surface area (Å²) in [5, 5.41) is 9.78. The van der Waals surface area contributed by atoms with E-state index >= 15 is 0 Å². The lowest BCUT2D eigenvalue weighted by molar-refractivity contribution is -0.137. The van der Waals surface area contributed by atoms with Crippen LogP contribution in [0.4, 0.5) is 18.9 Å². The van der Waals surface area contributed by atoms with Gasteiger partial charge in [0.05, 0.1) is 11.3 Å². The van der Waals surface area contributed by atoms with Gasteiger partial charge >= 0.3 is 6.18 Å². The largest absolute Gasteiger partial charge is 0.455 e. The number of nitrogens with zero attached hydrogens (tertiary/aromatic N) is 2. The van der Waals surface area contributed by atoms with E-state index in [0.717, 1.165) is 29.0 Å². The average Bonchev–Trinajstić information content (AvgIpc) is 3.22. The predicted molar refractivity (Wildman–Crippen MR) is 108 cm³/mol. The maximum atomic E-state index is 12.7. The first-order valence-corrected chi connectivity index (χ1v) is 10.00. The van der Waals surface area contributed by atoms with Crippen LogP contribution in [0.1, 0.15) is 31.5 Å². The first-order chi connectivity index (χ1) is 14.1. The highest BCUT2D eigenvalue weighted by molar-refractivity contribution is 8.13. The molecular formula is C20H18F3N3O3S. The van der Waals surface area contributed by atoms with Crippen molar-refractivity contribution in [1.82, 2.24) is 5.16 Å². The molecule has 4 rings (SSSR count). The van der Waals surface area contributed by atoms with Crippen molar-refractivity contribution in [2.45, 2.75) is 37.8 Å². The Bertz CT molecular complexity index is 1110. The van der Waals surface area contributed by atoms with Gasteiger partial charge in [-0.05, 0) is 44.2 Å². The number of hydrogen-bond acceptors (Lipinski definition) is 7. The van der Waals surface area contributed by atoms with E-state index in [0.29, 0.717) is 22.7 Å². The van der Waals surface area contributed by atoms with E-state index in [-0.39, 0.29) is 17.1 Å². The molecule has 0 aliphatic carbocycles. The van der Waals surface area contributed by atoms with Crippen LogP contribution in [-0.2, 0) is 16.8 Å². The topological polar surface area (TPSA) is 82.9 Å². The summed E-state index contributed by atoms with van der Waals surface area (Å²) in [6.07, 6.45) is -3.68. The molecule has 10 heteroatoms. The Labute approximate surface area is 174 Å². The summed E-state index contributed by atoms with van der Waals surface area (Å²) in [5.74, 6) is 1.03. The number of nitrogen functional groups attached to an aromatic ring is 1. The molecule has 0 amide bonds. The lowest BCUT2D eigenvalue weighted by Crippen LogP contribution is -2.18. The van der Waals surface area contributed by atoms with Crippen molar-refractivity contribution in [2.24, 2.45) is 5.16 Å². The van der Waals surface area contributed by atoms with E-state index in [1.165, 1.54) is 23.9 Å². The summed E-state index contributed by atoms with van der Waals surface area (Å²) in [6, 6.07) is 7.62. The summed E-state index contributed by atoms with van der Waals surface area (Å²) < 4.78 is 49.1. The van der Waals surface area contributed by atoms with Gasteiger partial charge in [0.1, 0.15) is 22.1 Å². The second kappa shape index (κ2) is 7.42. The second-order valence-electron chi connectivity index (χ2n) is 7.44. The smallest absolute Gasteiger partial charge is 0.416 e. The zero-order chi connectivity index (χ0) is 21.5. The van der Waals surface area contributed by atoms with E-state index in [2.05, 4.69) is 10.3 Å². The maximum absolute atomic E-state index is 12.7. The Morgan fingerprint density at radius 1 is 1.20 bits per heavy atom. The molecule has 158 valence electrons. The Morgan fingerprint density at radius 2 is 1.93 bits per heavy atom. The van der Waals surface area contributed by atoms with Crippen LogP contribution < -0.4 is 10.5 Å². The molecule has 2 N–H and O–H groups in total. The molecule has 1 aromatic heterocycles. The van der Waals surface area contributed by atoms with Gasteiger partial charge in [-0.15, -0.1) is 11.8 Å². The Kier molecular flexibility index (Phi) is 5.05. The van der Waals surface area contributed by atoms with Crippen molar-refractivity contribution in [3.63, 3.8) is 0 Å². The summed E-state index contributed by atoms with van der Waals surface area (Å²) in [6.45, 7) is 3.93. The van der Waals surface area contributed by atoms with Crippen molar-refractivity contribution >= 4 is 33.5 Å². The van der Waals surface area contributed by atoms with Crippen molar-refractivity contribution < 1.29 is 27.3 Å². The zero-order valence-electron chi connectivity index (χ0n) is 16.1. The number of nitrogens with two attached hydrogens (primary N) is 1. The van der Waals surface area contributed by atoms with Gasteiger partial charge in [-0.2, -0.15) is 13.2 Å². The van der Waals surface area contributed by atoms with Gasteiger partial charge in [-0.3, -0.25) is 0 Å². The number of aromatic nitrogens is 1. The quantitative estimate of drug-likeness (QED) is 0.507. The van der Waals surface area contributed by atoms with Gasteiger partial charge in [0, 0.05) is 23.6 Å². The van der Waals surface area contributed by atoms with Gasteiger partial charge < -0.3 is 19.8 Å². The fraction of sp³-hybridized carbons (Fsp3) is 0.300. The van der Waals surface area contributed by atoms with Crippen LogP contribution in [0.5, 0.6) is 11.5 Å². The summed E-state index contributed by atoms with van der Waals surface area (Å²) >= 11 is 1.51. The fourth-order valence-electron chi connectivity index (χ4n) is 2.90. The molecule has 0 fully saturated rings. The van der Waals surface area contributed by atoms with Gasteiger partial charge in [0.25, 0.3) is 0 Å². The van der Waals surface area contributed by atoms with Gasteiger partial charge in [0.15, 0.2) is 11.3 Å². The number of halogens is 3. The number of oxime groups is 1. The Balaban J connectivity index is 1.49. The number of alkyl halides is 3. The minimum atomic E-state index is -4.41. The monoisotopic (exact) mass is 437 g/mol. The van der Waals surface area contributed by atoms with E-state index in [1.54, 1.807) is 12.1 Å². The summed E-state index contributed by atoms with van der Waals surface area (Å²) in [5.41, 5.74) is 6.52. The van der Waals surface area contributed by atoms with Crippen molar-refractivity contribution in [3.8, 4) is 11.5 Å². The number of benzene rings is 2. The third-order valence-electron chi connectivity index (χ3n) is 4.43. The summed E-state index contributed by atoms with van der Waals surface area (Å²) in [7, 11) is 0. The molecule has 0 saturated carbocycles. The molecule has 1 aliphatic rings. The van der Waals surface area contributed by atoms with E-state index in [4.69, 9.17) is 19.8 Å². The lowest BCUT2D eigenvalue weighted by Gasteiger charge is -2.12. The van der Waals surface area contributed by atoms with E-state index in [9.17, 15) is 13.2 Å². The first kappa shape index (κ1) is 20.4. The van der Waals surface area contributed by atoms with Crippen LogP contribution in [0.15, 0.2) is 46.1 Å². The second-order valence-corrected chi connectivity index (χ2v) is 8.49. The van der Waals surface area contributed by atoms with Crippen LogP contribution in [0, 0.1) is 0 Å². The molecule has 1 aliphatic heterocycles. The van der Waals surface area contributed by atoms with Crippen LogP contribution in [0.3, 0.4) is 0 Å². The molecule has 2 aromatic carbocycles. The molecular weight excluding hydrogens is 419 g/mol. The van der Waals surface area contributed by atoms with Crippen molar-refractivity contribution in [3.05, 3.63) is 47.7 Å². The molecule has 0 radical (unpaired) electrons. The van der Waals surface area contributed by atoms with Crippen LogP contribution in [-0.4, -0.2) is 15.8 Å². The van der Waals surface area contributed by atoms with Crippen LogP contribution in [0.2, 0.25) is 0 Å². The minimum absolute atomic E-state index is 0.228. The van der Waals surface area contributed by atoms with Gasteiger partial charge in [0.2, 0.25) is 0 Å².